The molecule has 0 radical (unpaired) electrons. The van der Waals surface area contributed by atoms with Crippen molar-refractivity contribution in [2.75, 3.05) is 19.5 Å². The van der Waals surface area contributed by atoms with Gasteiger partial charge >= 0.3 is 0 Å². The summed E-state index contributed by atoms with van der Waals surface area (Å²) in [5.74, 6) is 0.0764. The molecule has 0 spiro atoms. The van der Waals surface area contributed by atoms with Crippen LogP contribution in [0.5, 0.6) is 11.8 Å². The van der Waals surface area contributed by atoms with Gasteiger partial charge in [-0.3, -0.25) is 10.1 Å². The van der Waals surface area contributed by atoms with Crippen LogP contribution < -0.4 is 14.8 Å². The summed E-state index contributed by atoms with van der Waals surface area (Å²) >= 11 is 0. The SMILES string of the molecule is COc1cc(OC)nc(NC(=O)CC#N)n1. The zero-order valence-electron chi connectivity index (χ0n) is 8.85. The average molecular weight is 222 g/mol. The van der Waals surface area contributed by atoms with Crippen LogP contribution in [0.15, 0.2) is 6.07 Å². The van der Waals surface area contributed by atoms with E-state index in [0.717, 1.165) is 0 Å². The molecule has 7 heteroatoms. The van der Waals surface area contributed by atoms with E-state index < -0.39 is 5.91 Å². The maximum Gasteiger partial charge on any atom is 0.240 e. The molecule has 1 amide bonds. The Kier molecular flexibility index (Phi) is 4.03. The Morgan fingerprint density at radius 2 is 2.00 bits per heavy atom. The summed E-state index contributed by atoms with van der Waals surface area (Å²) in [6, 6.07) is 3.19. The summed E-state index contributed by atoms with van der Waals surface area (Å²) in [6.45, 7) is 0. The zero-order valence-corrected chi connectivity index (χ0v) is 8.85. The third kappa shape index (κ3) is 3.09. The van der Waals surface area contributed by atoms with Crippen LogP contribution in [-0.2, 0) is 4.79 Å². The first-order valence-electron chi connectivity index (χ1n) is 4.33. The van der Waals surface area contributed by atoms with Crippen LogP contribution in [0.4, 0.5) is 5.95 Å². The second-order valence-electron chi connectivity index (χ2n) is 2.66. The van der Waals surface area contributed by atoms with Crippen molar-refractivity contribution in [3.63, 3.8) is 0 Å². The monoisotopic (exact) mass is 222 g/mol. The Morgan fingerprint density at radius 3 is 2.44 bits per heavy atom. The van der Waals surface area contributed by atoms with E-state index >= 15 is 0 Å². The maximum absolute atomic E-state index is 11.1. The van der Waals surface area contributed by atoms with Gasteiger partial charge in [-0.1, -0.05) is 0 Å². The smallest absolute Gasteiger partial charge is 0.240 e. The molecule has 1 heterocycles. The lowest BCUT2D eigenvalue weighted by Crippen LogP contribution is -2.13. The van der Waals surface area contributed by atoms with E-state index in [9.17, 15) is 4.79 Å². The quantitative estimate of drug-likeness (QED) is 0.789. The zero-order chi connectivity index (χ0) is 12.0. The fraction of sp³-hybridized carbons (Fsp3) is 0.333. The average Bonchev–Trinajstić information content (AvgIpc) is 2.28. The van der Waals surface area contributed by atoms with Gasteiger partial charge in [0.2, 0.25) is 23.6 Å². The number of amides is 1. The highest BCUT2D eigenvalue weighted by atomic mass is 16.5. The first-order valence-corrected chi connectivity index (χ1v) is 4.33. The van der Waals surface area contributed by atoms with Gasteiger partial charge in [0.25, 0.3) is 0 Å². The van der Waals surface area contributed by atoms with E-state index in [2.05, 4.69) is 15.3 Å². The minimum absolute atomic E-state index is 0.0384. The van der Waals surface area contributed by atoms with E-state index in [0.29, 0.717) is 0 Å². The van der Waals surface area contributed by atoms with Gasteiger partial charge in [-0.15, -0.1) is 0 Å². The predicted octanol–water partition coefficient (Wildman–Crippen LogP) is 0.346. The van der Waals surface area contributed by atoms with Crippen LogP contribution in [0.3, 0.4) is 0 Å². The predicted molar refractivity (Wildman–Crippen MR) is 54.0 cm³/mol. The first-order chi connectivity index (χ1) is 7.69. The molecule has 1 rings (SSSR count). The Labute approximate surface area is 92.0 Å². The standard InChI is InChI=1S/C9H10N4O3/c1-15-7-5-8(16-2)13-9(12-7)11-6(14)3-4-10/h5H,3H2,1-2H3,(H,11,12,13,14). The molecule has 0 aromatic carbocycles. The molecule has 0 atom stereocenters. The Morgan fingerprint density at radius 1 is 1.44 bits per heavy atom. The maximum atomic E-state index is 11.1. The number of ether oxygens (including phenoxy) is 2. The number of anilines is 1. The van der Waals surface area contributed by atoms with Crippen molar-refractivity contribution in [1.29, 1.82) is 5.26 Å². The molecule has 1 aromatic heterocycles. The molecule has 0 fully saturated rings. The fourth-order valence-corrected chi connectivity index (χ4v) is 0.910. The largest absolute Gasteiger partial charge is 0.481 e. The fourth-order valence-electron chi connectivity index (χ4n) is 0.910. The normalized spacial score (nSPS) is 9.06. The lowest BCUT2D eigenvalue weighted by Gasteiger charge is -2.06. The molecule has 0 bridgehead atoms. The van der Waals surface area contributed by atoms with Crippen LogP contribution in [0.1, 0.15) is 6.42 Å². The van der Waals surface area contributed by atoms with Crippen molar-refractivity contribution in [3.8, 4) is 17.8 Å². The van der Waals surface area contributed by atoms with Crippen LogP contribution in [-0.4, -0.2) is 30.1 Å². The van der Waals surface area contributed by atoms with Gasteiger partial charge in [0.05, 0.1) is 26.4 Å². The summed E-state index contributed by atoms with van der Waals surface area (Å²) in [5, 5.41) is 10.7. The van der Waals surface area contributed by atoms with Gasteiger partial charge in [-0.25, -0.2) is 0 Å². The molecular weight excluding hydrogens is 212 g/mol. The minimum Gasteiger partial charge on any atom is -0.481 e. The first kappa shape index (κ1) is 11.7. The molecule has 0 aliphatic rings. The third-order valence-corrected chi connectivity index (χ3v) is 1.59. The Bertz CT molecular complexity index is 405. The molecule has 16 heavy (non-hydrogen) atoms. The van der Waals surface area contributed by atoms with E-state index in [1.165, 1.54) is 20.3 Å². The number of nitrogens with one attached hydrogen (secondary N) is 1. The number of methoxy groups -OCH3 is 2. The van der Waals surface area contributed by atoms with E-state index in [1.54, 1.807) is 6.07 Å². The molecule has 0 saturated carbocycles. The lowest BCUT2D eigenvalue weighted by molar-refractivity contribution is -0.115. The highest BCUT2D eigenvalue weighted by molar-refractivity contribution is 5.90. The summed E-state index contributed by atoms with van der Waals surface area (Å²) in [4.78, 5) is 18.9. The number of carbonyl (C=O) groups excluding carboxylic acids is 1. The van der Waals surface area contributed by atoms with E-state index in [1.807, 2.05) is 0 Å². The van der Waals surface area contributed by atoms with Gasteiger partial charge in [0, 0.05) is 0 Å². The molecule has 1 aromatic rings. The second kappa shape index (κ2) is 5.50. The molecule has 0 unspecified atom stereocenters. The van der Waals surface area contributed by atoms with Gasteiger partial charge < -0.3 is 9.47 Å². The highest BCUT2D eigenvalue weighted by Gasteiger charge is 2.08. The highest BCUT2D eigenvalue weighted by Crippen LogP contribution is 2.17. The van der Waals surface area contributed by atoms with Gasteiger partial charge in [0.15, 0.2) is 0 Å². The lowest BCUT2D eigenvalue weighted by atomic mass is 10.4. The van der Waals surface area contributed by atoms with Crippen LogP contribution >= 0.6 is 0 Å². The molecule has 0 aliphatic carbocycles. The van der Waals surface area contributed by atoms with Crippen LogP contribution in [0.25, 0.3) is 0 Å². The van der Waals surface area contributed by atoms with Gasteiger partial charge in [0.1, 0.15) is 6.42 Å². The summed E-state index contributed by atoms with van der Waals surface area (Å²) in [6.07, 6.45) is -0.261. The van der Waals surface area contributed by atoms with Crippen molar-refractivity contribution in [2.45, 2.75) is 6.42 Å². The number of carbonyl (C=O) groups is 1. The number of hydrogen-bond donors (Lipinski definition) is 1. The number of nitrogens with zero attached hydrogens (tertiary/aromatic N) is 3. The Balaban J connectivity index is 2.87. The van der Waals surface area contributed by atoms with Gasteiger partial charge in [-0.2, -0.15) is 15.2 Å². The van der Waals surface area contributed by atoms with Crippen molar-refractivity contribution >= 4 is 11.9 Å². The topological polar surface area (TPSA) is 97.1 Å². The minimum atomic E-state index is -0.488. The van der Waals surface area contributed by atoms with Crippen molar-refractivity contribution in [2.24, 2.45) is 0 Å². The number of hydrogen-bond acceptors (Lipinski definition) is 6. The molecule has 0 saturated heterocycles. The molecule has 0 aliphatic heterocycles. The number of nitriles is 1. The second-order valence-corrected chi connectivity index (χ2v) is 2.66. The summed E-state index contributed by atoms with van der Waals surface area (Å²) in [5.41, 5.74) is 0. The van der Waals surface area contributed by atoms with E-state index in [4.69, 9.17) is 14.7 Å². The Hall–Kier alpha value is -2.36. The van der Waals surface area contributed by atoms with Crippen molar-refractivity contribution in [3.05, 3.63) is 6.07 Å². The molecule has 1 N–H and O–H groups in total. The van der Waals surface area contributed by atoms with Crippen LogP contribution in [0.2, 0.25) is 0 Å². The third-order valence-electron chi connectivity index (χ3n) is 1.59. The summed E-state index contributed by atoms with van der Waals surface area (Å²) < 4.78 is 9.78. The van der Waals surface area contributed by atoms with Gasteiger partial charge in [-0.05, 0) is 0 Å². The molecule has 84 valence electrons. The van der Waals surface area contributed by atoms with Crippen molar-refractivity contribution in [1.82, 2.24) is 9.97 Å². The number of rotatable bonds is 4. The molecule has 7 nitrogen and oxygen atoms in total. The molecular formula is C9H10N4O3. The van der Waals surface area contributed by atoms with E-state index in [-0.39, 0.29) is 24.1 Å². The van der Waals surface area contributed by atoms with Crippen molar-refractivity contribution < 1.29 is 14.3 Å². The van der Waals surface area contributed by atoms with Crippen LogP contribution in [0, 0.1) is 11.3 Å². The summed E-state index contributed by atoms with van der Waals surface area (Å²) in [7, 11) is 2.87. The number of aromatic nitrogens is 2.